The fourth-order valence-electron chi connectivity index (χ4n) is 2.37. The lowest BCUT2D eigenvalue weighted by Crippen LogP contribution is -2.30. The van der Waals surface area contributed by atoms with Crippen molar-refractivity contribution in [2.45, 2.75) is 6.10 Å². The minimum Gasteiger partial charge on any atom is -0.497 e. The number of hydrogen-bond acceptors (Lipinski definition) is 5. The number of esters is 1. The van der Waals surface area contributed by atoms with Gasteiger partial charge in [-0.3, -0.25) is 4.79 Å². The molecule has 1 atom stereocenters. The van der Waals surface area contributed by atoms with E-state index in [1.54, 1.807) is 76.9 Å². The Morgan fingerprint density at radius 2 is 1.56 bits per heavy atom. The van der Waals surface area contributed by atoms with Crippen LogP contribution < -0.4 is 9.47 Å². The second kappa shape index (κ2) is 9.43. The lowest BCUT2D eigenvalue weighted by atomic mass is 10.1. The standard InChI is InChI=1S/C21H23NO5/c1-22(2)21(24)20(16-8-6-5-7-9-16)27-19(23)11-10-15-12-17(25-3)14-18(13-15)26-4/h5-14,20H,1-4H3/b11-10+/t20-/m1/s1. The number of ether oxygens (including phenoxy) is 3. The average Bonchev–Trinajstić information content (AvgIpc) is 2.70. The van der Waals surface area contributed by atoms with Crippen LogP contribution in [0.3, 0.4) is 0 Å². The Labute approximate surface area is 159 Å². The lowest BCUT2D eigenvalue weighted by molar-refractivity contribution is -0.155. The zero-order chi connectivity index (χ0) is 19.8. The molecular weight excluding hydrogens is 346 g/mol. The van der Waals surface area contributed by atoms with E-state index in [9.17, 15) is 9.59 Å². The average molecular weight is 369 g/mol. The molecule has 142 valence electrons. The Bertz CT molecular complexity index is 792. The third-order valence-electron chi connectivity index (χ3n) is 3.79. The summed E-state index contributed by atoms with van der Waals surface area (Å²) in [5.41, 5.74) is 1.32. The molecule has 0 aliphatic rings. The van der Waals surface area contributed by atoms with Crippen molar-refractivity contribution in [1.29, 1.82) is 0 Å². The van der Waals surface area contributed by atoms with E-state index in [2.05, 4.69) is 0 Å². The van der Waals surface area contributed by atoms with E-state index in [1.807, 2.05) is 6.07 Å². The van der Waals surface area contributed by atoms with E-state index in [0.717, 1.165) is 0 Å². The molecule has 2 rings (SSSR count). The molecule has 0 saturated heterocycles. The van der Waals surface area contributed by atoms with Crippen molar-refractivity contribution in [2.24, 2.45) is 0 Å². The molecule has 0 heterocycles. The summed E-state index contributed by atoms with van der Waals surface area (Å²) >= 11 is 0. The van der Waals surface area contributed by atoms with Gasteiger partial charge in [0, 0.05) is 31.8 Å². The largest absolute Gasteiger partial charge is 0.497 e. The number of hydrogen-bond donors (Lipinski definition) is 0. The predicted octanol–water partition coefficient (Wildman–Crippen LogP) is 3.09. The molecule has 0 spiro atoms. The highest BCUT2D eigenvalue weighted by molar-refractivity contribution is 5.91. The van der Waals surface area contributed by atoms with Gasteiger partial charge in [0.2, 0.25) is 6.10 Å². The molecule has 6 heteroatoms. The maximum Gasteiger partial charge on any atom is 0.331 e. The summed E-state index contributed by atoms with van der Waals surface area (Å²) in [6.07, 6.45) is 1.85. The van der Waals surface area contributed by atoms with Crippen LogP contribution in [0.2, 0.25) is 0 Å². The number of carbonyl (C=O) groups excluding carboxylic acids is 2. The summed E-state index contributed by atoms with van der Waals surface area (Å²) in [5.74, 6) is 0.270. The minimum atomic E-state index is -1.00. The number of carbonyl (C=O) groups is 2. The molecule has 27 heavy (non-hydrogen) atoms. The lowest BCUT2D eigenvalue weighted by Gasteiger charge is -2.20. The third kappa shape index (κ3) is 5.60. The minimum absolute atomic E-state index is 0.314. The van der Waals surface area contributed by atoms with Crippen molar-refractivity contribution in [3.05, 3.63) is 65.7 Å². The molecule has 0 radical (unpaired) electrons. The van der Waals surface area contributed by atoms with Gasteiger partial charge in [-0.1, -0.05) is 30.3 Å². The summed E-state index contributed by atoms with van der Waals surface area (Å²) in [5, 5.41) is 0. The second-order valence-corrected chi connectivity index (χ2v) is 5.94. The molecule has 0 aromatic heterocycles. The number of amides is 1. The summed E-state index contributed by atoms with van der Waals surface area (Å²) < 4.78 is 15.8. The highest BCUT2D eigenvalue weighted by atomic mass is 16.5. The molecule has 6 nitrogen and oxygen atoms in total. The van der Waals surface area contributed by atoms with Gasteiger partial charge in [0.05, 0.1) is 14.2 Å². The van der Waals surface area contributed by atoms with Gasteiger partial charge >= 0.3 is 5.97 Å². The van der Waals surface area contributed by atoms with Crippen molar-refractivity contribution in [3.63, 3.8) is 0 Å². The summed E-state index contributed by atoms with van der Waals surface area (Å²) in [6, 6.07) is 14.1. The van der Waals surface area contributed by atoms with E-state index >= 15 is 0 Å². The van der Waals surface area contributed by atoms with E-state index in [1.165, 1.54) is 11.0 Å². The topological polar surface area (TPSA) is 65.1 Å². The summed E-state index contributed by atoms with van der Waals surface area (Å²) in [7, 11) is 6.33. The summed E-state index contributed by atoms with van der Waals surface area (Å²) in [4.78, 5) is 26.1. The predicted molar refractivity (Wildman–Crippen MR) is 103 cm³/mol. The van der Waals surface area contributed by atoms with Crippen molar-refractivity contribution in [1.82, 2.24) is 4.90 Å². The fraction of sp³-hybridized carbons (Fsp3) is 0.238. The van der Waals surface area contributed by atoms with Crippen LogP contribution >= 0.6 is 0 Å². The van der Waals surface area contributed by atoms with Crippen LogP contribution in [-0.4, -0.2) is 45.1 Å². The van der Waals surface area contributed by atoms with Crippen LogP contribution in [-0.2, 0) is 14.3 Å². The van der Waals surface area contributed by atoms with Gasteiger partial charge in [-0.2, -0.15) is 0 Å². The Morgan fingerprint density at radius 1 is 0.963 bits per heavy atom. The first-order valence-electron chi connectivity index (χ1n) is 8.32. The Morgan fingerprint density at radius 3 is 2.07 bits per heavy atom. The number of likely N-dealkylation sites (N-methyl/N-ethyl adjacent to an activating group) is 1. The van der Waals surface area contributed by atoms with E-state index < -0.39 is 12.1 Å². The van der Waals surface area contributed by atoms with E-state index in [-0.39, 0.29) is 5.91 Å². The SMILES string of the molecule is COc1cc(/C=C/C(=O)O[C@@H](C(=O)N(C)C)c2ccccc2)cc(OC)c1. The molecule has 0 aliphatic carbocycles. The first-order chi connectivity index (χ1) is 12.9. The molecule has 1 amide bonds. The van der Waals surface area contributed by atoms with Gasteiger partial charge in [-0.15, -0.1) is 0 Å². The van der Waals surface area contributed by atoms with Gasteiger partial charge < -0.3 is 19.1 Å². The molecule has 0 aliphatic heterocycles. The Balaban J connectivity index is 2.18. The van der Waals surface area contributed by atoms with Crippen molar-refractivity contribution < 1.29 is 23.8 Å². The highest BCUT2D eigenvalue weighted by Crippen LogP contribution is 2.24. The summed E-state index contributed by atoms with van der Waals surface area (Å²) in [6.45, 7) is 0. The highest BCUT2D eigenvalue weighted by Gasteiger charge is 2.25. The molecular formula is C21H23NO5. The maximum absolute atomic E-state index is 12.4. The zero-order valence-corrected chi connectivity index (χ0v) is 15.8. The van der Waals surface area contributed by atoms with Crippen molar-refractivity contribution in [3.8, 4) is 11.5 Å². The molecule has 0 bridgehead atoms. The van der Waals surface area contributed by atoms with Crippen LogP contribution in [0.25, 0.3) is 6.08 Å². The van der Waals surface area contributed by atoms with Gasteiger partial charge in [-0.05, 0) is 23.8 Å². The van der Waals surface area contributed by atoms with Gasteiger partial charge in [0.15, 0.2) is 0 Å². The normalized spacial score (nSPS) is 11.7. The number of methoxy groups -OCH3 is 2. The van der Waals surface area contributed by atoms with Crippen LogP contribution in [0.15, 0.2) is 54.6 Å². The Kier molecular flexibility index (Phi) is 7.00. The van der Waals surface area contributed by atoms with Crippen molar-refractivity contribution in [2.75, 3.05) is 28.3 Å². The van der Waals surface area contributed by atoms with Gasteiger partial charge in [-0.25, -0.2) is 4.79 Å². The van der Waals surface area contributed by atoms with Crippen LogP contribution in [0, 0.1) is 0 Å². The van der Waals surface area contributed by atoms with Crippen LogP contribution in [0.5, 0.6) is 11.5 Å². The van der Waals surface area contributed by atoms with Gasteiger partial charge in [0.25, 0.3) is 5.91 Å². The van der Waals surface area contributed by atoms with E-state index in [0.29, 0.717) is 22.6 Å². The molecule has 0 fully saturated rings. The van der Waals surface area contributed by atoms with Crippen LogP contribution in [0.4, 0.5) is 0 Å². The first-order valence-corrected chi connectivity index (χ1v) is 8.32. The van der Waals surface area contributed by atoms with Crippen LogP contribution in [0.1, 0.15) is 17.2 Å². The van der Waals surface area contributed by atoms with Crippen molar-refractivity contribution >= 4 is 18.0 Å². The fourth-order valence-corrected chi connectivity index (χ4v) is 2.37. The molecule has 2 aromatic carbocycles. The van der Waals surface area contributed by atoms with Gasteiger partial charge in [0.1, 0.15) is 11.5 Å². The second-order valence-electron chi connectivity index (χ2n) is 5.94. The first kappa shape index (κ1) is 20.0. The molecule has 2 aromatic rings. The Hall–Kier alpha value is -3.28. The number of benzene rings is 2. The van der Waals surface area contributed by atoms with E-state index in [4.69, 9.17) is 14.2 Å². The zero-order valence-electron chi connectivity index (χ0n) is 15.8. The number of nitrogens with zero attached hydrogens (tertiary/aromatic N) is 1. The monoisotopic (exact) mass is 369 g/mol. The number of rotatable bonds is 7. The molecule has 0 unspecified atom stereocenters. The molecule has 0 saturated carbocycles. The third-order valence-corrected chi connectivity index (χ3v) is 3.79. The maximum atomic E-state index is 12.4. The smallest absolute Gasteiger partial charge is 0.331 e. The quantitative estimate of drug-likeness (QED) is 0.554. The molecule has 0 N–H and O–H groups in total.